The summed E-state index contributed by atoms with van der Waals surface area (Å²) in [4.78, 5) is 4.50. The number of hydrogen-bond donors (Lipinski definition) is 1. The molecule has 0 saturated carbocycles. The number of benzene rings is 2. The van der Waals surface area contributed by atoms with Crippen LogP contribution in [0.15, 0.2) is 42.5 Å². The van der Waals surface area contributed by atoms with Gasteiger partial charge in [-0.05, 0) is 40.8 Å². The lowest BCUT2D eigenvalue weighted by Crippen LogP contribution is -2.46. The van der Waals surface area contributed by atoms with E-state index in [0.717, 1.165) is 31.9 Å². The Morgan fingerprint density at radius 3 is 2.24 bits per heavy atom. The van der Waals surface area contributed by atoms with Crippen LogP contribution in [0.25, 0.3) is 0 Å². The molecule has 0 unspecified atom stereocenters. The van der Waals surface area contributed by atoms with Crippen molar-refractivity contribution in [3.05, 3.63) is 51.9 Å². The standard InChI is InChI=1S/C16H17FIN3/c17-13-10-16(15(19)11-14(13)18)21-8-6-20(7-9-21)12-4-2-1-3-5-12/h1-5,10-11H,6-9,19H2. The van der Waals surface area contributed by atoms with E-state index in [2.05, 4.69) is 21.9 Å². The molecule has 2 N–H and O–H groups in total. The van der Waals surface area contributed by atoms with Crippen molar-refractivity contribution in [1.29, 1.82) is 0 Å². The van der Waals surface area contributed by atoms with Crippen LogP contribution in [0.5, 0.6) is 0 Å². The van der Waals surface area contributed by atoms with Crippen molar-refractivity contribution in [2.45, 2.75) is 0 Å². The van der Waals surface area contributed by atoms with Gasteiger partial charge < -0.3 is 15.5 Å². The summed E-state index contributed by atoms with van der Waals surface area (Å²) >= 11 is 1.97. The molecule has 2 aromatic rings. The van der Waals surface area contributed by atoms with E-state index in [1.807, 2.05) is 40.8 Å². The topological polar surface area (TPSA) is 32.5 Å². The predicted octanol–water partition coefficient (Wildman–Crippen LogP) is 3.34. The van der Waals surface area contributed by atoms with Crippen LogP contribution in [-0.2, 0) is 0 Å². The molecule has 0 atom stereocenters. The largest absolute Gasteiger partial charge is 0.397 e. The second-order valence-corrected chi connectivity index (χ2v) is 6.30. The van der Waals surface area contributed by atoms with Crippen molar-refractivity contribution < 1.29 is 4.39 Å². The summed E-state index contributed by atoms with van der Waals surface area (Å²) in [6.45, 7) is 3.52. The molecule has 0 bridgehead atoms. The van der Waals surface area contributed by atoms with E-state index in [0.29, 0.717) is 9.26 Å². The Balaban J connectivity index is 1.73. The minimum absolute atomic E-state index is 0.203. The molecule has 21 heavy (non-hydrogen) atoms. The Kier molecular flexibility index (Phi) is 4.19. The fourth-order valence-electron chi connectivity index (χ4n) is 2.67. The molecule has 1 aliphatic rings. The van der Waals surface area contributed by atoms with Crippen molar-refractivity contribution in [2.75, 3.05) is 41.7 Å². The van der Waals surface area contributed by atoms with E-state index in [1.165, 1.54) is 5.69 Å². The highest BCUT2D eigenvalue weighted by Crippen LogP contribution is 2.29. The van der Waals surface area contributed by atoms with Crippen molar-refractivity contribution in [1.82, 2.24) is 0 Å². The van der Waals surface area contributed by atoms with Gasteiger partial charge in [0, 0.05) is 37.9 Å². The molecule has 1 saturated heterocycles. The number of hydrogen-bond acceptors (Lipinski definition) is 3. The maximum atomic E-state index is 13.8. The maximum absolute atomic E-state index is 13.8. The number of piperazine rings is 1. The van der Waals surface area contributed by atoms with E-state index >= 15 is 0 Å². The molecule has 3 rings (SSSR count). The van der Waals surface area contributed by atoms with Crippen molar-refractivity contribution in [3.63, 3.8) is 0 Å². The highest BCUT2D eigenvalue weighted by Gasteiger charge is 2.20. The zero-order chi connectivity index (χ0) is 14.8. The molecule has 0 aromatic heterocycles. The summed E-state index contributed by atoms with van der Waals surface area (Å²) in [5.41, 5.74) is 8.73. The smallest absolute Gasteiger partial charge is 0.138 e. The summed E-state index contributed by atoms with van der Waals surface area (Å²) in [6.07, 6.45) is 0. The number of halogens is 2. The number of rotatable bonds is 2. The van der Waals surface area contributed by atoms with Gasteiger partial charge in [0.1, 0.15) is 5.82 Å². The zero-order valence-electron chi connectivity index (χ0n) is 11.6. The first-order valence-corrected chi connectivity index (χ1v) is 8.02. The lowest BCUT2D eigenvalue weighted by Gasteiger charge is -2.37. The van der Waals surface area contributed by atoms with E-state index < -0.39 is 0 Å². The van der Waals surface area contributed by atoms with Gasteiger partial charge in [-0.3, -0.25) is 0 Å². The fraction of sp³-hybridized carbons (Fsp3) is 0.250. The molecule has 5 heteroatoms. The van der Waals surface area contributed by atoms with Gasteiger partial charge >= 0.3 is 0 Å². The Labute approximate surface area is 137 Å². The summed E-state index contributed by atoms with van der Waals surface area (Å²) in [7, 11) is 0. The zero-order valence-corrected chi connectivity index (χ0v) is 13.8. The van der Waals surface area contributed by atoms with Gasteiger partial charge in [0.05, 0.1) is 14.9 Å². The molecule has 0 spiro atoms. The second kappa shape index (κ2) is 6.09. The van der Waals surface area contributed by atoms with Gasteiger partial charge in [0.25, 0.3) is 0 Å². The Morgan fingerprint density at radius 1 is 0.952 bits per heavy atom. The molecule has 1 fully saturated rings. The van der Waals surface area contributed by atoms with Crippen LogP contribution in [0.1, 0.15) is 0 Å². The van der Waals surface area contributed by atoms with Gasteiger partial charge in [-0.1, -0.05) is 18.2 Å². The van der Waals surface area contributed by atoms with Crippen LogP contribution in [0.4, 0.5) is 21.5 Å². The summed E-state index contributed by atoms with van der Waals surface area (Å²) in [5.74, 6) is -0.203. The molecule has 2 aromatic carbocycles. The first-order chi connectivity index (χ1) is 10.1. The molecule has 1 heterocycles. The monoisotopic (exact) mass is 397 g/mol. The van der Waals surface area contributed by atoms with E-state index in [-0.39, 0.29) is 5.82 Å². The van der Waals surface area contributed by atoms with Gasteiger partial charge in [0.2, 0.25) is 0 Å². The third kappa shape index (κ3) is 3.07. The highest BCUT2D eigenvalue weighted by molar-refractivity contribution is 14.1. The molecule has 110 valence electrons. The van der Waals surface area contributed by atoms with Gasteiger partial charge in [0.15, 0.2) is 0 Å². The molecule has 0 radical (unpaired) electrons. The maximum Gasteiger partial charge on any atom is 0.138 e. The minimum Gasteiger partial charge on any atom is -0.397 e. The molecule has 0 amide bonds. The molecule has 0 aliphatic carbocycles. The average molecular weight is 397 g/mol. The predicted molar refractivity (Wildman–Crippen MR) is 94.4 cm³/mol. The fourth-order valence-corrected chi connectivity index (χ4v) is 3.16. The van der Waals surface area contributed by atoms with E-state index in [1.54, 1.807) is 12.1 Å². The third-order valence-electron chi connectivity index (χ3n) is 3.81. The van der Waals surface area contributed by atoms with Gasteiger partial charge in [-0.25, -0.2) is 4.39 Å². The number of nitrogens with zero attached hydrogens (tertiary/aromatic N) is 2. The summed E-state index contributed by atoms with van der Waals surface area (Å²) in [5, 5.41) is 0. The Hall–Kier alpha value is -1.50. The average Bonchev–Trinajstić information content (AvgIpc) is 2.52. The van der Waals surface area contributed by atoms with Gasteiger partial charge in [-0.2, -0.15) is 0 Å². The molecular formula is C16H17FIN3. The van der Waals surface area contributed by atoms with Crippen LogP contribution in [0.2, 0.25) is 0 Å². The first kappa shape index (κ1) is 14.4. The Morgan fingerprint density at radius 2 is 1.57 bits per heavy atom. The summed E-state index contributed by atoms with van der Waals surface area (Å²) < 4.78 is 14.3. The van der Waals surface area contributed by atoms with Crippen LogP contribution >= 0.6 is 22.6 Å². The van der Waals surface area contributed by atoms with Crippen LogP contribution < -0.4 is 15.5 Å². The van der Waals surface area contributed by atoms with Crippen LogP contribution in [0, 0.1) is 9.39 Å². The molecule has 3 nitrogen and oxygen atoms in total. The van der Waals surface area contributed by atoms with Crippen LogP contribution in [0.3, 0.4) is 0 Å². The second-order valence-electron chi connectivity index (χ2n) is 5.13. The van der Waals surface area contributed by atoms with Gasteiger partial charge in [-0.15, -0.1) is 0 Å². The minimum atomic E-state index is -0.203. The number of anilines is 3. The van der Waals surface area contributed by atoms with Crippen molar-refractivity contribution >= 4 is 39.7 Å². The normalized spacial score (nSPS) is 15.3. The highest BCUT2D eigenvalue weighted by atomic mass is 127. The van der Waals surface area contributed by atoms with Crippen molar-refractivity contribution in [2.24, 2.45) is 0 Å². The van der Waals surface area contributed by atoms with Crippen LogP contribution in [-0.4, -0.2) is 26.2 Å². The summed E-state index contributed by atoms with van der Waals surface area (Å²) in [6, 6.07) is 13.6. The third-order valence-corrected chi connectivity index (χ3v) is 4.64. The Bertz CT molecular complexity index is 625. The number of nitrogen functional groups attached to an aromatic ring is 1. The SMILES string of the molecule is Nc1cc(I)c(F)cc1N1CCN(c2ccccc2)CC1. The van der Waals surface area contributed by atoms with E-state index in [9.17, 15) is 4.39 Å². The molecule has 1 aliphatic heterocycles. The quantitative estimate of drug-likeness (QED) is 0.624. The lowest BCUT2D eigenvalue weighted by atomic mass is 10.2. The van der Waals surface area contributed by atoms with E-state index in [4.69, 9.17) is 5.73 Å². The number of para-hydroxylation sites is 1. The first-order valence-electron chi connectivity index (χ1n) is 6.94. The number of nitrogens with two attached hydrogens (primary N) is 1. The van der Waals surface area contributed by atoms with Crippen molar-refractivity contribution in [3.8, 4) is 0 Å². The lowest BCUT2D eigenvalue weighted by molar-refractivity contribution is 0.614. The molecular weight excluding hydrogens is 380 g/mol.